The zero-order chi connectivity index (χ0) is 25.2. The van der Waals surface area contributed by atoms with E-state index >= 15 is 0 Å². The second-order valence-corrected chi connectivity index (χ2v) is 10.0. The first-order chi connectivity index (χ1) is 17.4. The van der Waals surface area contributed by atoms with Crippen molar-refractivity contribution in [3.8, 4) is 0 Å². The molecule has 0 saturated carbocycles. The lowest BCUT2D eigenvalue weighted by Crippen LogP contribution is -2.53. The molecule has 0 bridgehead atoms. The second-order valence-electron chi connectivity index (χ2n) is 9.08. The summed E-state index contributed by atoms with van der Waals surface area (Å²) in [5.41, 5.74) is 1.47. The minimum absolute atomic E-state index is 0.0641. The van der Waals surface area contributed by atoms with Gasteiger partial charge >= 0.3 is 0 Å². The number of benzene rings is 3. The fraction of sp³-hybridized carbons (Fsp3) is 0.138. The third-order valence-corrected chi connectivity index (χ3v) is 7.46. The Morgan fingerprint density at radius 1 is 1.03 bits per heavy atom. The molecule has 0 N–H and O–H groups in total. The number of aryl methyl sites for hydroxylation is 1. The van der Waals surface area contributed by atoms with Gasteiger partial charge in [0, 0.05) is 23.1 Å². The van der Waals surface area contributed by atoms with Gasteiger partial charge in [-0.1, -0.05) is 70.0 Å². The van der Waals surface area contributed by atoms with Gasteiger partial charge in [-0.3, -0.25) is 14.4 Å². The molecule has 4 aromatic rings. The zero-order valence-corrected chi connectivity index (χ0v) is 21.0. The zero-order valence-electron chi connectivity index (χ0n) is 19.5. The summed E-state index contributed by atoms with van der Waals surface area (Å²) in [7, 11) is 0. The van der Waals surface area contributed by atoms with E-state index in [-0.39, 0.29) is 30.3 Å². The molecular weight excluding hydrogens is 520 g/mol. The first kappa shape index (κ1) is 22.5. The van der Waals surface area contributed by atoms with Gasteiger partial charge in [0.25, 0.3) is 11.8 Å². The monoisotopic (exact) mass is 540 g/mol. The van der Waals surface area contributed by atoms with Crippen molar-refractivity contribution in [2.75, 3.05) is 11.4 Å². The number of amides is 2. The van der Waals surface area contributed by atoms with Crippen LogP contribution in [0.25, 0.3) is 11.0 Å². The maximum atomic E-state index is 14.4. The van der Waals surface area contributed by atoms with E-state index in [2.05, 4.69) is 22.5 Å². The molecule has 0 fully saturated rings. The molecule has 0 aliphatic carbocycles. The summed E-state index contributed by atoms with van der Waals surface area (Å²) in [6, 6.07) is 20.1. The molecule has 3 heterocycles. The Hall–Kier alpha value is -3.97. The van der Waals surface area contributed by atoms with Crippen molar-refractivity contribution in [1.82, 2.24) is 4.90 Å². The van der Waals surface area contributed by atoms with Gasteiger partial charge in [0.15, 0.2) is 11.0 Å². The van der Waals surface area contributed by atoms with Gasteiger partial charge in [0.1, 0.15) is 5.58 Å². The van der Waals surface area contributed by atoms with Crippen LogP contribution >= 0.6 is 15.9 Å². The van der Waals surface area contributed by atoms with E-state index in [0.717, 1.165) is 11.1 Å². The van der Waals surface area contributed by atoms with Crippen molar-refractivity contribution in [2.45, 2.75) is 19.0 Å². The fourth-order valence-electron chi connectivity index (χ4n) is 5.37. The molecule has 7 heteroatoms. The number of carbonyl (C=O) groups is 2. The van der Waals surface area contributed by atoms with Crippen LogP contribution in [0.1, 0.15) is 32.8 Å². The van der Waals surface area contributed by atoms with Crippen LogP contribution in [0.4, 0.5) is 5.69 Å². The number of rotatable bonds is 4. The lowest BCUT2D eigenvalue weighted by atomic mass is 9.83. The quantitative estimate of drug-likeness (QED) is 0.329. The number of fused-ring (bicyclic) bond motifs is 5. The molecule has 36 heavy (non-hydrogen) atoms. The average Bonchev–Trinajstić information content (AvgIpc) is 3.26. The first-order valence-electron chi connectivity index (χ1n) is 11.5. The van der Waals surface area contributed by atoms with Crippen LogP contribution < -0.4 is 10.3 Å². The van der Waals surface area contributed by atoms with Crippen LogP contribution in [0.2, 0.25) is 0 Å². The SMILES string of the molecule is C=CCN1C(=O)C2(c3ccccc31)c1c(oc3ccc(Br)cc3c1=O)C(=O)N2Cc1ccc(C)cc1. The lowest BCUT2D eigenvalue weighted by molar-refractivity contribution is -0.126. The first-order valence-corrected chi connectivity index (χ1v) is 12.3. The molecule has 2 aliphatic heterocycles. The van der Waals surface area contributed by atoms with Crippen LogP contribution in [0, 0.1) is 6.92 Å². The molecule has 1 atom stereocenters. The summed E-state index contributed by atoms with van der Waals surface area (Å²) in [5.74, 6) is -0.953. The standard InChI is InChI=1S/C29H21BrN2O4/c1-3-14-31-22-7-5-4-6-21(22)29(28(31)35)24-25(33)20-15-19(30)12-13-23(20)36-26(24)27(34)32(29)16-18-10-8-17(2)9-11-18/h3-13,15H,1,14,16H2,2H3. The number of halogens is 1. The van der Waals surface area contributed by atoms with Gasteiger partial charge < -0.3 is 14.2 Å². The minimum atomic E-state index is -1.64. The molecule has 3 aromatic carbocycles. The Morgan fingerprint density at radius 2 is 1.78 bits per heavy atom. The van der Waals surface area contributed by atoms with E-state index in [1.54, 1.807) is 29.2 Å². The van der Waals surface area contributed by atoms with Gasteiger partial charge in [0.05, 0.1) is 16.6 Å². The minimum Gasteiger partial charge on any atom is -0.450 e. The highest BCUT2D eigenvalue weighted by molar-refractivity contribution is 9.10. The Balaban J connectivity index is 1.70. The average molecular weight is 541 g/mol. The molecular formula is C29H21BrN2O4. The molecule has 1 unspecified atom stereocenters. The van der Waals surface area contributed by atoms with E-state index in [4.69, 9.17) is 4.42 Å². The van der Waals surface area contributed by atoms with E-state index in [9.17, 15) is 14.4 Å². The highest BCUT2D eigenvalue weighted by atomic mass is 79.9. The Morgan fingerprint density at radius 3 is 2.53 bits per heavy atom. The number of hydrogen-bond donors (Lipinski definition) is 0. The molecule has 6 nitrogen and oxygen atoms in total. The van der Waals surface area contributed by atoms with E-state index in [1.165, 1.54) is 4.90 Å². The van der Waals surface area contributed by atoms with Crippen LogP contribution in [0.5, 0.6) is 0 Å². The number of nitrogens with zero attached hydrogens (tertiary/aromatic N) is 2. The molecule has 0 radical (unpaired) electrons. The highest BCUT2D eigenvalue weighted by Crippen LogP contribution is 2.53. The summed E-state index contributed by atoms with van der Waals surface area (Å²) < 4.78 is 6.78. The molecule has 2 aliphatic rings. The number of carbonyl (C=O) groups excluding carboxylic acids is 2. The predicted octanol–water partition coefficient (Wildman–Crippen LogP) is 5.30. The number of anilines is 1. The van der Waals surface area contributed by atoms with Crippen LogP contribution in [0.15, 0.2) is 93.1 Å². The number of hydrogen-bond acceptors (Lipinski definition) is 4. The molecule has 178 valence electrons. The van der Waals surface area contributed by atoms with Gasteiger partial charge in [0.2, 0.25) is 5.76 Å². The lowest BCUT2D eigenvalue weighted by Gasteiger charge is -2.34. The van der Waals surface area contributed by atoms with Gasteiger partial charge in [-0.25, -0.2) is 0 Å². The maximum Gasteiger partial charge on any atom is 0.291 e. The summed E-state index contributed by atoms with van der Waals surface area (Å²) >= 11 is 3.42. The molecule has 2 amide bonds. The maximum absolute atomic E-state index is 14.4. The van der Waals surface area contributed by atoms with Crippen molar-refractivity contribution < 1.29 is 14.0 Å². The molecule has 0 saturated heterocycles. The topological polar surface area (TPSA) is 70.8 Å². The second kappa shape index (κ2) is 8.03. The molecule has 1 spiro atoms. The highest BCUT2D eigenvalue weighted by Gasteiger charge is 2.64. The van der Waals surface area contributed by atoms with Crippen LogP contribution in [-0.2, 0) is 16.9 Å². The number of para-hydroxylation sites is 1. The summed E-state index contributed by atoms with van der Waals surface area (Å²) in [6.07, 6.45) is 1.63. The summed E-state index contributed by atoms with van der Waals surface area (Å²) in [4.78, 5) is 45.6. The molecule has 6 rings (SSSR count). The van der Waals surface area contributed by atoms with E-state index in [0.29, 0.717) is 26.7 Å². The Kier molecular flexibility index (Phi) is 5.02. The van der Waals surface area contributed by atoms with E-state index < -0.39 is 16.9 Å². The third kappa shape index (κ3) is 2.92. The van der Waals surface area contributed by atoms with Crippen molar-refractivity contribution in [1.29, 1.82) is 0 Å². The predicted molar refractivity (Wildman–Crippen MR) is 141 cm³/mol. The Labute approximate surface area is 215 Å². The van der Waals surface area contributed by atoms with Gasteiger partial charge in [-0.15, -0.1) is 6.58 Å². The van der Waals surface area contributed by atoms with Gasteiger partial charge in [-0.2, -0.15) is 0 Å². The summed E-state index contributed by atoms with van der Waals surface area (Å²) in [5, 5.41) is 0.305. The largest absolute Gasteiger partial charge is 0.450 e. The Bertz CT molecular complexity index is 1660. The van der Waals surface area contributed by atoms with Crippen LogP contribution in [-0.4, -0.2) is 23.3 Å². The van der Waals surface area contributed by atoms with Crippen molar-refractivity contribution in [2.24, 2.45) is 0 Å². The van der Waals surface area contributed by atoms with Crippen molar-refractivity contribution in [3.05, 3.63) is 122 Å². The van der Waals surface area contributed by atoms with E-state index in [1.807, 2.05) is 55.5 Å². The summed E-state index contributed by atoms with van der Waals surface area (Å²) in [6.45, 7) is 6.16. The molecule has 1 aromatic heterocycles. The fourth-order valence-corrected chi connectivity index (χ4v) is 5.73. The van der Waals surface area contributed by atoms with Gasteiger partial charge in [-0.05, 0) is 36.8 Å². The normalized spacial score (nSPS) is 18.3. The van der Waals surface area contributed by atoms with Crippen molar-refractivity contribution >= 4 is 44.4 Å². The smallest absolute Gasteiger partial charge is 0.291 e. The van der Waals surface area contributed by atoms with Crippen molar-refractivity contribution in [3.63, 3.8) is 0 Å². The third-order valence-electron chi connectivity index (χ3n) is 6.97. The van der Waals surface area contributed by atoms with Crippen LogP contribution in [0.3, 0.4) is 0 Å².